The van der Waals surface area contributed by atoms with Crippen molar-refractivity contribution in [2.24, 2.45) is 5.73 Å². The van der Waals surface area contributed by atoms with Crippen LogP contribution in [0.4, 0.5) is 0 Å². The van der Waals surface area contributed by atoms with Crippen molar-refractivity contribution in [2.45, 2.75) is 38.5 Å². The van der Waals surface area contributed by atoms with Crippen molar-refractivity contribution in [2.75, 3.05) is 26.2 Å². The van der Waals surface area contributed by atoms with Gasteiger partial charge in [0, 0.05) is 6.54 Å². The van der Waals surface area contributed by atoms with E-state index < -0.39 is 0 Å². The molecule has 0 saturated carbocycles. The molecule has 2 heteroatoms. The molecule has 2 rings (SSSR count). The summed E-state index contributed by atoms with van der Waals surface area (Å²) in [4.78, 5) is 2.60. The van der Waals surface area contributed by atoms with Gasteiger partial charge in [-0.3, -0.25) is 0 Å². The molecule has 0 aliphatic carbocycles. The zero-order chi connectivity index (χ0) is 12.6. The van der Waals surface area contributed by atoms with Crippen LogP contribution in [0, 0.1) is 0 Å². The molecule has 2 nitrogen and oxygen atoms in total. The molecule has 1 aliphatic rings. The highest BCUT2D eigenvalue weighted by Crippen LogP contribution is 2.11. The van der Waals surface area contributed by atoms with E-state index >= 15 is 0 Å². The Balaban J connectivity index is 1.75. The summed E-state index contributed by atoms with van der Waals surface area (Å²) in [6, 6.07) is 9.11. The van der Waals surface area contributed by atoms with E-state index in [1.807, 2.05) is 0 Å². The van der Waals surface area contributed by atoms with Gasteiger partial charge in [-0.15, -0.1) is 0 Å². The quantitative estimate of drug-likeness (QED) is 0.836. The minimum atomic E-state index is 0.788. The summed E-state index contributed by atoms with van der Waals surface area (Å²) in [7, 11) is 0. The van der Waals surface area contributed by atoms with Crippen LogP contribution in [0.3, 0.4) is 0 Å². The average molecular weight is 246 g/mol. The summed E-state index contributed by atoms with van der Waals surface area (Å²) in [5.41, 5.74) is 8.42. The van der Waals surface area contributed by atoms with Crippen LogP contribution in [0.5, 0.6) is 0 Å². The van der Waals surface area contributed by atoms with Crippen molar-refractivity contribution >= 4 is 0 Å². The third kappa shape index (κ3) is 4.43. The summed E-state index contributed by atoms with van der Waals surface area (Å²) in [5.74, 6) is 0. The molecule has 1 fully saturated rings. The van der Waals surface area contributed by atoms with Crippen LogP contribution >= 0.6 is 0 Å². The predicted octanol–water partition coefficient (Wildman–Crippen LogP) is 2.61. The van der Waals surface area contributed by atoms with Gasteiger partial charge < -0.3 is 10.6 Å². The Morgan fingerprint density at radius 2 is 1.50 bits per heavy atom. The molecule has 100 valence electrons. The third-order valence-corrected chi connectivity index (χ3v) is 3.86. The molecular formula is C16H26N2. The topological polar surface area (TPSA) is 29.3 Å². The molecule has 18 heavy (non-hydrogen) atoms. The van der Waals surface area contributed by atoms with Gasteiger partial charge in [0.2, 0.25) is 0 Å². The van der Waals surface area contributed by atoms with Crippen LogP contribution in [0.15, 0.2) is 24.3 Å². The molecule has 0 unspecified atom stereocenters. The number of hydrogen-bond acceptors (Lipinski definition) is 2. The highest BCUT2D eigenvalue weighted by atomic mass is 15.1. The van der Waals surface area contributed by atoms with Crippen LogP contribution < -0.4 is 5.73 Å². The van der Waals surface area contributed by atoms with E-state index in [1.165, 1.54) is 56.4 Å². The average Bonchev–Trinajstić information content (AvgIpc) is 2.45. The second-order valence-corrected chi connectivity index (χ2v) is 5.36. The summed E-state index contributed by atoms with van der Waals surface area (Å²) in [6.07, 6.45) is 7.59. The number of nitrogens with zero attached hydrogens (tertiary/aromatic N) is 1. The Kier molecular flexibility index (Phi) is 5.69. The molecule has 0 radical (unpaired) electrons. The zero-order valence-corrected chi connectivity index (χ0v) is 11.4. The van der Waals surface area contributed by atoms with Gasteiger partial charge in [0.1, 0.15) is 0 Å². The summed E-state index contributed by atoms with van der Waals surface area (Å²) < 4.78 is 0. The molecule has 0 amide bonds. The zero-order valence-electron chi connectivity index (χ0n) is 11.4. The molecule has 2 N–H and O–H groups in total. The van der Waals surface area contributed by atoms with E-state index in [9.17, 15) is 0 Å². The van der Waals surface area contributed by atoms with Gasteiger partial charge in [-0.1, -0.05) is 30.7 Å². The maximum Gasteiger partial charge on any atom is 0.00218 e. The monoisotopic (exact) mass is 246 g/mol. The first-order valence-electron chi connectivity index (χ1n) is 7.39. The third-order valence-electron chi connectivity index (χ3n) is 3.86. The summed E-state index contributed by atoms with van der Waals surface area (Å²) in [6.45, 7) is 4.61. The van der Waals surface area contributed by atoms with Crippen LogP contribution in [-0.2, 0) is 12.8 Å². The normalized spacial score (nSPS) is 16.9. The van der Waals surface area contributed by atoms with E-state index in [-0.39, 0.29) is 0 Å². The SMILES string of the molecule is NCCCc1ccc(CCN2CCCCC2)cc1. The first kappa shape index (κ1) is 13.6. The number of hydrogen-bond donors (Lipinski definition) is 1. The van der Waals surface area contributed by atoms with Crippen molar-refractivity contribution in [3.8, 4) is 0 Å². The first-order chi connectivity index (χ1) is 8.88. The van der Waals surface area contributed by atoms with E-state index in [1.54, 1.807) is 0 Å². The molecule has 1 heterocycles. The van der Waals surface area contributed by atoms with E-state index in [2.05, 4.69) is 29.2 Å². The second-order valence-electron chi connectivity index (χ2n) is 5.36. The molecule has 0 bridgehead atoms. The molecule has 0 spiro atoms. The predicted molar refractivity (Wildman–Crippen MR) is 77.8 cm³/mol. The minimum absolute atomic E-state index is 0.788. The lowest BCUT2D eigenvalue weighted by atomic mass is 10.0. The van der Waals surface area contributed by atoms with Crippen molar-refractivity contribution < 1.29 is 0 Å². The van der Waals surface area contributed by atoms with Crippen LogP contribution in [0.1, 0.15) is 36.8 Å². The fourth-order valence-electron chi connectivity index (χ4n) is 2.65. The Hall–Kier alpha value is -0.860. The van der Waals surface area contributed by atoms with Gasteiger partial charge in [-0.2, -0.15) is 0 Å². The van der Waals surface area contributed by atoms with E-state index in [4.69, 9.17) is 5.73 Å². The molecule has 0 aromatic heterocycles. The Morgan fingerprint density at radius 1 is 0.889 bits per heavy atom. The smallest absolute Gasteiger partial charge is 0.00218 e. The lowest BCUT2D eigenvalue weighted by molar-refractivity contribution is 0.231. The van der Waals surface area contributed by atoms with Crippen molar-refractivity contribution in [1.29, 1.82) is 0 Å². The fourth-order valence-corrected chi connectivity index (χ4v) is 2.65. The standard InChI is InChI=1S/C16H26N2/c17-11-4-5-15-6-8-16(9-7-15)10-14-18-12-2-1-3-13-18/h6-9H,1-5,10-14,17H2. The molecule has 1 aliphatic heterocycles. The lowest BCUT2D eigenvalue weighted by Gasteiger charge is -2.26. The first-order valence-corrected chi connectivity index (χ1v) is 7.39. The molecule has 0 atom stereocenters. The van der Waals surface area contributed by atoms with Gasteiger partial charge in [-0.25, -0.2) is 0 Å². The lowest BCUT2D eigenvalue weighted by Crippen LogP contribution is -2.31. The molecule has 1 saturated heterocycles. The summed E-state index contributed by atoms with van der Waals surface area (Å²) in [5, 5.41) is 0. The highest BCUT2D eigenvalue weighted by molar-refractivity contribution is 5.22. The largest absolute Gasteiger partial charge is 0.330 e. The van der Waals surface area contributed by atoms with Crippen LogP contribution in [0.25, 0.3) is 0 Å². The number of likely N-dealkylation sites (tertiary alicyclic amines) is 1. The fraction of sp³-hybridized carbons (Fsp3) is 0.625. The van der Waals surface area contributed by atoms with Gasteiger partial charge in [0.25, 0.3) is 0 Å². The van der Waals surface area contributed by atoms with Gasteiger partial charge in [-0.05, 0) is 62.9 Å². The van der Waals surface area contributed by atoms with Gasteiger partial charge in [0.05, 0.1) is 0 Å². The number of nitrogens with two attached hydrogens (primary N) is 1. The van der Waals surface area contributed by atoms with Gasteiger partial charge in [0.15, 0.2) is 0 Å². The van der Waals surface area contributed by atoms with E-state index in [0.29, 0.717) is 0 Å². The van der Waals surface area contributed by atoms with Crippen molar-refractivity contribution in [3.63, 3.8) is 0 Å². The maximum atomic E-state index is 5.53. The van der Waals surface area contributed by atoms with Crippen LogP contribution in [0.2, 0.25) is 0 Å². The Labute approximate surface area is 111 Å². The maximum absolute atomic E-state index is 5.53. The number of benzene rings is 1. The number of aryl methyl sites for hydroxylation is 1. The molecule has 1 aromatic rings. The van der Waals surface area contributed by atoms with Crippen molar-refractivity contribution in [1.82, 2.24) is 4.90 Å². The number of piperidine rings is 1. The van der Waals surface area contributed by atoms with Gasteiger partial charge >= 0.3 is 0 Å². The van der Waals surface area contributed by atoms with Crippen molar-refractivity contribution in [3.05, 3.63) is 35.4 Å². The Bertz CT molecular complexity index is 325. The summed E-state index contributed by atoms with van der Waals surface area (Å²) >= 11 is 0. The number of rotatable bonds is 6. The second kappa shape index (κ2) is 7.55. The minimum Gasteiger partial charge on any atom is -0.330 e. The molecule has 1 aromatic carbocycles. The molecular weight excluding hydrogens is 220 g/mol. The highest BCUT2D eigenvalue weighted by Gasteiger charge is 2.09. The van der Waals surface area contributed by atoms with E-state index in [0.717, 1.165) is 19.4 Å². The Morgan fingerprint density at radius 3 is 2.11 bits per heavy atom. The van der Waals surface area contributed by atoms with Crippen LogP contribution in [-0.4, -0.2) is 31.1 Å².